The van der Waals surface area contributed by atoms with Gasteiger partial charge >= 0.3 is 0 Å². The van der Waals surface area contributed by atoms with Gasteiger partial charge in [-0.3, -0.25) is 4.90 Å². The lowest BCUT2D eigenvalue weighted by molar-refractivity contribution is 0.214. The fourth-order valence-corrected chi connectivity index (χ4v) is 8.20. The fourth-order valence-electron chi connectivity index (χ4n) is 5.65. The van der Waals surface area contributed by atoms with Crippen LogP contribution in [0.15, 0.2) is 24.3 Å². The van der Waals surface area contributed by atoms with E-state index >= 15 is 0 Å². The van der Waals surface area contributed by atoms with Crippen LogP contribution in [0.5, 0.6) is 0 Å². The summed E-state index contributed by atoms with van der Waals surface area (Å²) < 4.78 is 34.4. The minimum absolute atomic E-state index is 0.137. The highest BCUT2D eigenvalue weighted by Crippen LogP contribution is 2.31. The average molecular weight is 492 g/mol. The maximum absolute atomic E-state index is 12.7. The summed E-state index contributed by atoms with van der Waals surface area (Å²) in [4.78, 5) is 5.03. The molecule has 2 saturated heterocycles. The van der Waals surface area contributed by atoms with Crippen LogP contribution in [0, 0.1) is 5.92 Å². The van der Waals surface area contributed by atoms with Crippen LogP contribution in [0.2, 0.25) is 0 Å². The van der Waals surface area contributed by atoms with Crippen molar-refractivity contribution in [1.29, 1.82) is 0 Å². The first-order chi connectivity index (χ1) is 16.1. The molecule has 0 bridgehead atoms. The number of rotatable bonds is 7. The summed E-state index contributed by atoms with van der Waals surface area (Å²) >= 11 is 1.60. The van der Waals surface area contributed by atoms with Crippen molar-refractivity contribution in [3.8, 4) is 0 Å². The first-order valence-electron chi connectivity index (χ1n) is 12.6. The topological polar surface area (TPSA) is 77.6 Å². The van der Waals surface area contributed by atoms with Crippen LogP contribution in [0.25, 0.3) is 10.1 Å². The van der Waals surface area contributed by atoms with Gasteiger partial charge < -0.3 is 10.2 Å². The summed E-state index contributed by atoms with van der Waals surface area (Å²) in [5, 5.41) is 4.32. The van der Waals surface area contributed by atoms with Crippen molar-refractivity contribution in [2.24, 2.45) is 5.92 Å². The van der Waals surface area contributed by atoms with Gasteiger partial charge in [-0.25, -0.2) is 13.1 Å². The molecule has 2 aromatic rings. The van der Waals surface area contributed by atoms with Crippen LogP contribution in [-0.4, -0.2) is 74.8 Å². The predicted molar refractivity (Wildman–Crippen MR) is 137 cm³/mol. The zero-order valence-electron chi connectivity index (χ0n) is 19.4. The van der Waals surface area contributed by atoms with Crippen molar-refractivity contribution < 1.29 is 8.42 Å². The van der Waals surface area contributed by atoms with Crippen LogP contribution in [0.1, 0.15) is 44.9 Å². The molecule has 2 aliphatic heterocycles. The smallest absolute Gasteiger partial charge is 0.214 e. The Morgan fingerprint density at radius 3 is 2.48 bits per heavy atom. The summed E-state index contributed by atoms with van der Waals surface area (Å²) in [7, 11) is -3.17. The van der Waals surface area contributed by atoms with E-state index in [1.165, 1.54) is 16.5 Å². The van der Waals surface area contributed by atoms with Gasteiger partial charge in [-0.05, 0) is 94.2 Å². The average Bonchev–Trinajstić information content (AvgIpc) is 3.29. The van der Waals surface area contributed by atoms with E-state index < -0.39 is 10.0 Å². The second-order valence-electron chi connectivity index (χ2n) is 9.95. The third-order valence-electron chi connectivity index (χ3n) is 7.79. The van der Waals surface area contributed by atoms with Crippen LogP contribution >= 0.6 is 11.5 Å². The van der Waals surface area contributed by atoms with Crippen molar-refractivity contribution in [2.45, 2.75) is 56.2 Å². The van der Waals surface area contributed by atoms with E-state index in [0.29, 0.717) is 0 Å². The lowest BCUT2D eigenvalue weighted by atomic mass is 9.84. The molecular weight excluding hydrogens is 454 g/mol. The van der Waals surface area contributed by atoms with Crippen molar-refractivity contribution in [2.75, 3.05) is 50.7 Å². The van der Waals surface area contributed by atoms with Crippen LogP contribution in [-0.2, 0) is 10.0 Å². The first kappa shape index (κ1) is 23.5. The molecule has 0 atom stereocenters. The lowest BCUT2D eigenvalue weighted by Crippen LogP contribution is -2.47. The largest absolute Gasteiger partial charge is 0.353 e. The molecule has 0 unspecified atom stereocenters. The molecule has 3 aliphatic rings. The summed E-state index contributed by atoms with van der Waals surface area (Å²) in [5.41, 5.74) is 0. The summed E-state index contributed by atoms with van der Waals surface area (Å²) in [6, 6.07) is 8.66. The molecule has 9 heteroatoms. The highest BCUT2D eigenvalue weighted by Gasteiger charge is 2.31. The summed E-state index contributed by atoms with van der Waals surface area (Å²) in [6.45, 7) is 7.05. The molecule has 3 heterocycles. The third kappa shape index (κ3) is 5.70. The predicted octanol–water partition coefficient (Wildman–Crippen LogP) is 3.04. The number of sulfonamides is 1. The van der Waals surface area contributed by atoms with Gasteiger partial charge in [0.05, 0.1) is 9.95 Å². The van der Waals surface area contributed by atoms with Gasteiger partial charge in [0.15, 0.2) is 0 Å². The summed E-state index contributed by atoms with van der Waals surface area (Å²) in [6.07, 6.45) is 6.95. The number of aromatic nitrogens is 1. The molecule has 1 aromatic carbocycles. The molecular formula is C24H37N5O2S2. The summed E-state index contributed by atoms with van der Waals surface area (Å²) in [5.74, 6) is 1.88. The second-order valence-corrected chi connectivity index (χ2v) is 12.7. The third-order valence-corrected chi connectivity index (χ3v) is 10.6. The number of hydrogen-bond acceptors (Lipinski definition) is 7. The highest BCUT2D eigenvalue weighted by atomic mass is 32.2. The van der Waals surface area contributed by atoms with E-state index in [4.69, 9.17) is 4.37 Å². The number of benzene rings is 1. The van der Waals surface area contributed by atoms with E-state index in [1.807, 2.05) is 0 Å². The van der Waals surface area contributed by atoms with E-state index in [0.717, 1.165) is 96.1 Å². The minimum atomic E-state index is -3.17. The Morgan fingerprint density at radius 2 is 1.73 bits per heavy atom. The molecule has 0 spiro atoms. The zero-order valence-corrected chi connectivity index (χ0v) is 21.0. The molecule has 3 fully saturated rings. The van der Waals surface area contributed by atoms with Crippen LogP contribution in [0.4, 0.5) is 5.82 Å². The Bertz CT molecular complexity index is 1000. The number of nitrogens with zero attached hydrogens (tertiary/aromatic N) is 3. The normalized spacial score (nSPS) is 26.1. The first-order valence-corrected chi connectivity index (χ1v) is 14.9. The molecule has 182 valence electrons. The Kier molecular flexibility index (Phi) is 7.51. The van der Waals surface area contributed by atoms with Gasteiger partial charge in [-0.15, -0.1) is 0 Å². The Morgan fingerprint density at radius 1 is 1.00 bits per heavy atom. The van der Waals surface area contributed by atoms with Gasteiger partial charge in [0, 0.05) is 37.6 Å². The molecule has 33 heavy (non-hydrogen) atoms. The Balaban J connectivity index is 1.02. The molecule has 0 radical (unpaired) electrons. The van der Waals surface area contributed by atoms with Gasteiger partial charge in [0.1, 0.15) is 5.82 Å². The molecule has 1 aromatic heterocycles. The maximum atomic E-state index is 12.7. The quantitative estimate of drug-likeness (QED) is 0.620. The second kappa shape index (κ2) is 10.6. The molecule has 1 aliphatic carbocycles. The van der Waals surface area contributed by atoms with E-state index in [2.05, 4.69) is 44.1 Å². The van der Waals surface area contributed by atoms with Crippen molar-refractivity contribution in [1.82, 2.24) is 19.3 Å². The molecule has 1 saturated carbocycles. The standard InChI is InChI=1S/C24H37N5O2S2/c30-33(31,21-9-12-25-13-10-21)27-20-7-5-19(6-8-20)11-14-28-15-17-29(18-16-28)24-22-3-1-2-4-23(22)32-26-24/h1-4,19-21,25,27H,5-18H2/t19-,20-. The monoisotopic (exact) mass is 491 g/mol. The van der Waals surface area contributed by atoms with Crippen molar-refractivity contribution in [3.63, 3.8) is 0 Å². The van der Waals surface area contributed by atoms with Crippen molar-refractivity contribution in [3.05, 3.63) is 24.3 Å². The molecule has 7 nitrogen and oxygen atoms in total. The number of piperazine rings is 1. The Labute approximate surface area is 202 Å². The maximum Gasteiger partial charge on any atom is 0.214 e. The van der Waals surface area contributed by atoms with E-state index in [-0.39, 0.29) is 11.3 Å². The SMILES string of the molecule is O=S(=O)(N[C@H]1CC[C@H](CCN2CCN(c3nsc4ccccc34)CC2)CC1)C1CCNCC1. The Hall–Kier alpha value is -1.26. The van der Waals surface area contributed by atoms with Gasteiger partial charge in [-0.2, -0.15) is 4.37 Å². The number of nitrogens with one attached hydrogen (secondary N) is 2. The van der Waals surface area contributed by atoms with E-state index in [9.17, 15) is 8.42 Å². The van der Waals surface area contributed by atoms with Gasteiger partial charge in [-0.1, -0.05) is 12.1 Å². The number of piperidine rings is 1. The van der Waals surface area contributed by atoms with Crippen LogP contribution in [0.3, 0.4) is 0 Å². The highest BCUT2D eigenvalue weighted by molar-refractivity contribution is 7.90. The van der Waals surface area contributed by atoms with Gasteiger partial charge in [0.2, 0.25) is 10.0 Å². The lowest BCUT2D eigenvalue weighted by Gasteiger charge is -2.36. The fraction of sp³-hybridized carbons (Fsp3) is 0.708. The van der Waals surface area contributed by atoms with Crippen LogP contribution < -0.4 is 14.9 Å². The van der Waals surface area contributed by atoms with E-state index in [1.54, 1.807) is 11.5 Å². The number of hydrogen-bond donors (Lipinski definition) is 2. The minimum Gasteiger partial charge on any atom is -0.353 e. The van der Waals surface area contributed by atoms with Gasteiger partial charge in [0.25, 0.3) is 0 Å². The molecule has 5 rings (SSSR count). The molecule has 2 N–H and O–H groups in total. The number of anilines is 1. The number of fused-ring (bicyclic) bond motifs is 1. The molecule has 0 amide bonds. The van der Waals surface area contributed by atoms with Crippen molar-refractivity contribution >= 4 is 37.5 Å². The zero-order chi connectivity index (χ0) is 22.7.